The van der Waals surface area contributed by atoms with Gasteiger partial charge in [0.1, 0.15) is 12.0 Å². The summed E-state index contributed by atoms with van der Waals surface area (Å²) in [5.41, 5.74) is 0.688. The number of aromatic carboxylic acids is 1. The standard InChI is InChI=1S/C14H14ClNO3/c1-14(2,3)13-16-10(7-19-13)11-8(12(17)18)5-4-6-9(11)15/h4-7H,1-3H3,(H,17,18). The van der Waals surface area contributed by atoms with E-state index in [4.69, 9.17) is 16.0 Å². The molecule has 0 unspecified atom stereocenters. The first kappa shape index (κ1) is 13.6. The monoisotopic (exact) mass is 279 g/mol. The average molecular weight is 280 g/mol. The Hall–Kier alpha value is -1.81. The third-order valence-corrected chi connectivity index (χ3v) is 2.96. The van der Waals surface area contributed by atoms with Gasteiger partial charge in [-0.2, -0.15) is 0 Å². The molecular formula is C14H14ClNO3. The van der Waals surface area contributed by atoms with Gasteiger partial charge in [-0.15, -0.1) is 0 Å². The molecule has 0 aliphatic carbocycles. The number of carboxylic acids is 1. The van der Waals surface area contributed by atoms with E-state index in [9.17, 15) is 9.90 Å². The number of hydrogen-bond acceptors (Lipinski definition) is 3. The quantitative estimate of drug-likeness (QED) is 0.903. The summed E-state index contributed by atoms with van der Waals surface area (Å²) >= 11 is 6.09. The Kier molecular flexibility index (Phi) is 3.37. The van der Waals surface area contributed by atoms with Crippen LogP contribution in [0, 0.1) is 0 Å². The molecule has 0 saturated carbocycles. The molecule has 0 bridgehead atoms. The molecule has 0 radical (unpaired) electrons. The van der Waals surface area contributed by atoms with E-state index >= 15 is 0 Å². The maximum absolute atomic E-state index is 11.2. The van der Waals surface area contributed by atoms with E-state index in [1.54, 1.807) is 12.1 Å². The van der Waals surface area contributed by atoms with Gasteiger partial charge in [0, 0.05) is 11.0 Å². The molecule has 0 amide bonds. The fraction of sp³-hybridized carbons (Fsp3) is 0.286. The molecule has 1 N–H and O–H groups in total. The number of halogens is 1. The van der Waals surface area contributed by atoms with Crippen molar-refractivity contribution in [1.82, 2.24) is 4.98 Å². The zero-order chi connectivity index (χ0) is 14.2. The third-order valence-electron chi connectivity index (χ3n) is 2.65. The number of hydrogen-bond donors (Lipinski definition) is 1. The Morgan fingerprint density at radius 1 is 1.37 bits per heavy atom. The topological polar surface area (TPSA) is 63.3 Å². The maximum Gasteiger partial charge on any atom is 0.336 e. The van der Waals surface area contributed by atoms with Crippen LogP contribution in [0.1, 0.15) is 37.0 Å². The van der Waals surface area contributed by atoms with Crippen molar-refractivity contribution in [2.24, 2.45) is 0 Å². The first-order chi connectivity index (χ1) is 8.80. The highest BCUT2D eigenvalue weighted by Gasteiger charge is 2.23. The van der Waals surface area contributed by atoms with Gasteiger partial charge in [-0.1, -0.05) is 38.4 Å². The minimum Gasteiger partial charge on any atom is -0.478 e. The van der Waals surface area contributed by atoms with Gasteiger partial charge in [-0.3, -0.25) is 0 Å². The van der Waals surface area contributed by atoms with Crippen LogP contribution in [0.3, 0.4) is 0 Å². The highest BCUT2D eigenvalue weighted by atomic mass is 35.5. The van der Waals surface area contributed by atoms with Crippen molar-refractivity contribution in [2.45, 2.75) is 26.2 Å². The van der Waals surface area contributed by atoms with Crippen molar-refractivity contribution in [1.29, 1.82) is 0 Å². The van der Waals surface area contributed by atoms with Gasteiger partial charge < -0.3 is 9.52 Å². The molecule has 0 aliphatic heterocycles. The van der Waals surface area contributed by atoms with Crippen molar-refractivity contribution >= 4 is 17.6 Å². The van der Waals surface area contributed by atoms with Gasteiger partial charge in [0.2, 0.25) is 0 Å². The number of aromatic nitrogens is 1. The summed E-state index contributed by atoms with van der Waals surface area (Å²) in [5.74, 6) is -0.503. The van der Waals surface area contributed by atoms with Crippen LogP contribution >= 0.6 is 11.6 Å². The summed E-state index contributed by atoms with van der Waals surface area (Å²) < 4.78 is 5.41. The predicted molar refractivity (Wildman–Crippen MR) is 72.6 cm³/mol. The minimum atomic E-state index is -1.04. The Balaban J connectivity index is 2.59. The smallest absolute Gasteiger partial charge is 0.336 e. The first-order valence-electron chi connectivity index (χ1n) is 5.79. The Morgan fingerprint density at radius 3 is 2.58 bits per heavy atom. The zero-order valence-corrected chi connectivity index (χ0v) is 11.7. The van der Waals surface area contributed by atoms with E-state index in [-0.39, 0.29) is 11.0 Å². The number of oxazole rings is 1. The van der Waals surface area contributed by atoms with E-state index in [2.05, 4.69) is 4.98 Å². The lowest BCUT2D eigenvalue weighted by atomic mass is 9.97. The van der Waals surface area contributed by atoms with E-state index in [1.165, 1.54) is 12.3 Å². The molecule has 1 heterocycles. The second-order valence-electron chi connectivity index (χ2n) is 5.26. The van der Waals surface area contributed by atoms with Crippen LogP contribution in [-0.4, -0.2) is 16.1 Å². The molecule has 5 heteroatoms. The normalized spacial score (nSPS) is 11.6. The molecular weight excluding hydrogens is 266 g/mol. The van der Waals surface area contributed by atoms with E-state index in [0.29, 0.717) is 22.2 Å². The van der Waals surface area contributed by atoms with Gasteiger partial charge in [-0.25, -0.2) is 9.78 Å². The highest BCUT2D eigenvalue weighted by molar-refractivity contribution is 6.34. The molecule has 0 saturated heterocycles. The largest absolute Gasteiger partial charge is 0.478 e. The lowest BCUT2D eigenvalue weighted by Gasteiger charge is -2.12. The maximum atomic E-state index is 11.2. The fourth-order valence-corrected chi connectivity index (χ4v) is 1.97. The highest BCUT2D eigenvalue weighted by Crippen LogP contribution is 2.33. The molecule has 2 aromatic rings. The molecule has 100 valence electrons. The second-order valence-corrected chi connectivity index (χ2v) is 5.66. The van der Waals surface area contributed by atoms with Crippen LogP contribution in [0.2, 0.25) is 5.02 Å². The second kappa shape index (κ2) is 4.70. The SMILES string of the molecule is CC(C)(C)c1nc(-c2c(Cl)cccc2C(=O)O)co1. The van der Waals surface area contributed by atoms with Crippen LogP contribution in [0.4, 0.5) is 0 Å². The fourth-order valence-electron chi connectivity index (χ4n) is 1.70. The van der Waals surface area contributed by atoms with Crippen LogP contribution < -0.4 is 0 Å². The summed E-state index contributed by atoms with van der Waals surface area (Å²) in [6.07, 6.45) is 1.44. The van der Waals surface area contributed by atoms with Crippen molar-refractivity contribution in [3.8, 4) is 11.3 Å². The van der Waals surface area contributed by atoms with Gasteiger partial charge in [0.05, 0.1) is 10.6 Å². The molecule has 2 rings (SSSR count). The first-order valence-corrected chi connectivity index (χ1v) is 6.16. The third kappa shape index (κ3) is 2.63. The Bertz CT molecular complexity index is 626. The van der Waals surface area contributed by atoms with E-state index < -0.39 is 5.97 Å². The lowest BCUT2D eigenvalue weighted by Crippen LogP contribution is -2.11. The van der Waals surface area contributed by atoms with Gasteiger partial charge >= 0.3 is 5.97 Å². The molecule has 19 heavy (non-hydrogen) atoms. The van der Waals surface area contributed by atoms with Crippen LogP contribution in [-0.2, 0) is 5.41 Å². The van der Waals surface area contributed by atoms with Crippen LogP contribution in [0.25, 0.3) is 11.3 Å². The summed E-state index contributed by atoms with van der Waals surface area (Å²) in [7, 11) is 0. The molecule has 0 fully saturated rings. The minimum absolute atomic E-state index is 0.112. The number of benzene rings is 1. The van der Waals surface area contributed by atoms with Crippen molar-refractivity contribution in [2.75, 3.05) is 0 Å². The lowest BCUT2D eigenvalue weighted by molar-refractivity contribution is 0.0697. The molecule has 4 nitrogen and oxygen atoms in total. The van der Waals surface area contributed by atoms with E-state index in [0.717, 1.165) is 0 Å². The summed E-state index contributed by atoms with van der Waals surface area (Å²) in [5, 5.41) is 9.54. The van der Waals surface area contributed by atoms with Crippen molar-refractivity contribution < 1.29 is 14.3 Å². The summed E-state index contributed by atoms with van der Waals surface area (Å²) in [6.45, 7) is 5.90. The molecule has 0 aliphatic rings. The molecule has 1 aromatic carbocycles. The van der Waals surface area contributed by atoms with Gasteiger partial charge in [-0.05, 0) is 12.1 Å². The molecule has 1 aromatic heterocycles. The van der Waals surface area contributed by atoms with Gasteiger partial charge in [0.15, 0.2) is 5.89 Å². The number of carboxylic acid groups (broad SMARTS) is 1. The Morgan fingerprint density at radius 2 is 2.05 bits per heavy atom. The zero-order valence-electron chi connectivity index (χ0n) is 10.9. The van der Waals surface area contributed by atoms with Crippen molar-refractivity contribution in [3.05, 3.63) is 40.9 Å². The predicted octanol–water partition coefficient (Wildman–Crippen LogP) is 3.99. The van der Waals surface area contributed by atoms with Crippen molar-refractivity contribution in [3.63, 3.8) is 0 Å². The summed E-state index contributed by atoms with van der Waals surface area (Å²) in [6, 6.07) is 4.73. The van der Waals surface area contributed by atoms with Crippen LogP contribution in [0.15, 0.2) is 28.9 Å². The van der Waals surface area contributed by atoms with E-state index in [1.807, 2.05) is 20.8 Å². The molecule has 0 atom stereocenters. The number of rotatable bonds is 2. The Labute approximate surface area is 116 Å². The number of nitrogens with zero attached hydrogens (tertiary/aromatic N) is 1. The average Bonchev–Trinajstić information content (AvgIpc) is 2.77. The van der Waals surface area contributed by atoms with Gasteiger partial charge in [0.25, 0.3) is 0 Å². The van der Waals surface area contributed by atoms with Crippen LogP contribution in [0.5, 0.6) is 0 Å². The summed E-state index contributed by atoms with van der Waals surface area (Å²) in [4.78, 5) is 15.6. The molecule has 0 spiro atoms. The number of carbonyl (C=O) groups is 1.